The van der Waals surface area contributed by atoms with Crippen molar-refractivity contribution >= 4 is 5.97 Å². The fourth-order valence-corrected chi connectivity index (χ4v) is 2.06. The van der Waals surface area contributed by atoms with Crippen molar-refractivity contribution in [1.29, 1.82) is 0 Å². The minimum atomic E-state index is -0.847. The van der Waals surface area contributed by atoms with E-state index in [1.54, 1.807) is 0 Å². The zero-order valence-corrected chi connectivity index (χ0v) is 12.2. The molecule has 0 saturated heterocycles. The second kappa shape index (κ2) is 11.3. The summed E-state index contributed by atoms with van der Waals surface area (Å²) >= 11 is 0. The van der Waals surface area contributed by atoms with Crippen molar-refractivity contribution in [2.24, 2.45) is 5.92 Å². The monoisotopic (exact) mass is 254 g/mol. The Bertz CT molecular complexity index is 231. The van der Waals surface area contributed by atoms with Gasteiger partial charge < -0.3 is 5.11 Å². The predicted octanol–water partition coefficient (Wildman–Crippen LogP) is 5.18. The Labute approximate surface area is 112 Å². The molecule has 0 unspecified atom stereocenters. The second-order valence-corrected chi connectivity index (χ2v) is 5.67. The molecule has 2 heteroatoms. The topological polar surface area (TPSA) is 37.3 Å². The van der Waals surface area contributed by atoms with Crippen LogP contribution in [0.3, 0.4) is 0 Å². The van der Waals surface area contributed by atoms with Crippen molar-refractivity contribution in [3.8, 4) is 0 Å². The molecule has 0 rings (SSSR count). The Morgan fingerprint density at radius 1 is 0.944 bits per heavy atom. The largest absolute Gasteiger partial charge is 0.478 e. The second-order valence-electron chi connectivity index (χ2n) is 5.67. The number of hydrogen-bond acceptors (Lipinski definition) is 1. The smallest absolute Gasteiger partial charge is 0.330 e. The molecule has 0 amide bonds. The maximum Gasteiger partial charge on any atom is 0.330 e. The molecule has 0 heterocycles. The molecular weight excluding hydrogens is 224 g/mol. The quantitative estimate of drug-likeness (QED) is 0.384. The van der Waals surface area contributed by atoms with Crippen LogP contribution in [-0.4, -0.2) is 11.1 Å². The van der Waals surface area contributed by atoms with Crippen molar-refractivity contribution in [3.05, 3.63) is 12.2 Å². The van der Waals surface area contributed by atoms with Gasteiger partial charge in [0.2, 0.25) is 0 Å². The van der Waals surface area contributed by atoms with Gasteiger partial charge in [-0.3, -0.25) is 0 Å². The van der Waals surface area contributed by atoms with E-state index in [4.69, 9.17) is 5.11 Å². The van der Waals surface area contributed by atoms with Crippen LogP contribution in [0.15, 0.2) is 12.2 Å². The molecule has 0 fully saturated rings. The summed E-state index contributed by atoms with van der Waals surface area (Å²) in [6.07, 6.45) is 12.1. The number of rotatable bonds is 12. The van der Waals surface area contributed by atoms with Gasteiger partial charge in [0.1, 0.15) is 0 Å². The first kappa shape index (κ1) is 17.2. The third-order valence-corrected chi connectivity index (χ3v) is 3.31. The van der Waals surface area contributed by atoms with E-state index in [-0.39, 0.29) is 0 Å². The average Bonchev–Trinajstić information content (AvgIpc) is 2.30. The van der Waals surface area contributed by atoms with Gasteiger partial charge in [-0.2, -0.15) is 0 Å². The summed E-state index contributed by atoms with van der Waals surface area (Å²) in [5, 5.41) is 8.64. The maximum atomic E-state index is 10.5. The Kier molecular flexibility index (Phi) is 10.8. The fraction of sp³-hybridized carbons (Fsp3) is 0.812. The van der Waals surface area contributed by atoms with E-state index < -0.39 is 5.97 Å². The number of carboxylic acids is 1. The van der Waals surface area contributed by atoms with Crippen LogP contribution >= 0.6 is 0 Å². The molecule has 0 atom stereocenters. The molecule has 2 nitrogen and oxygen atoms in total. The van der Waals surface area contributed by atoms with E-state index in [2.05, 4.69) is 20.4 Å². The lowest BCUT2D eigenvalue weighted by atomic mass is 10.0. The van der Waals surface area contributed by atoms with Crippen LogP contribution in [0.25, 0.3) is 0 Å². The molecule has 0 aliphatic rings. The molecular formula is C16H30O2. The molecule has 106 valence electrons. The number of aliphatic carboxylic acids is 1. The number of unbranched alkanes of at least 4 members (excludes halogenated alkanes) is 7. The molecule has 0 aromatic rings. The van der Waals surface area contributed by atoms with E-state index in [1.807, 2.05) is 0 Å². The third-order valence-electron chi connectivity index (χ3n) is 3.31. The van der Waals surface area contributed by atoms with Gasteiger partial charge >= 0.3 is 5.97 Å². The molecule has 0 aliphatic heterocycles. The minimum absolute atomic E-state index is 0.351. The van der Waals surface area contributed by atoms with E-state index in [1.165, 1.54) is 44.9 Å². The van der Waals surface area contributed by atoms with Crippen molar-refractivity contribution in [3.63, 3.8) is 0 Å². The Balaban J connectivity index is 3.12. The lowest BCUT2D eigenvalue weighted by molar-refractivity contribution is -0.132. The third kappa shape index (κ3) is 11.7. The highest BCUT2D eigenvalue weighted by atomic mass is 16.4. The van der Waals surface area contributed by atoms with E-state index in [0.29, 0.717) is 12.0 Å². The van der Waals surface area contributed by atoms with E-state index in [9.17, 15) is 4.79 Å². The van der Waals surface area contributed by atoms with Crippen LogP contribution < -0.4 is 0 Å². The molecule has 0 radical (unpaired) electrons. The van der Waals surface area contributed by atoms with Gasteiger partial charge in [-0.1, -0.05) is 71.8 Å². The summed E-state index contributed by atoms with van der Waals surface area (Å²) in [6, 6.07) is 0. The highest BCUT2D eigenvalue weighted by Gasteiger charge is 2.02. The summed E-state index contributed by atoms with van der Waals surface area (Å²) in [4.78, 5) is 10.5. The van der Waals surface area contributed by atoms with Crippen molar-refractivity contribution < 1.29 is 9.90 Å². The van der Waals surface area contributed by atoms with Gasteiger partial charge in [-0.05, 0) is 18.8 Å². The number of carboxylic acid groups (broad SMARTS) is 1. The summed E-state index contributed by atoms with van der Waals surface area (Å²) < 4.78 is 0. The molecule has 0 bridgehead atoms. The standard InChI is InChI=1S/C16H30O2/c1-14(2)12-10-8-6-4-5-7-9-11-13-15(3)16(17)18/h14H,3-13H2,1-2H3,(H,17,18). The normalized spacial score (nSPS) is 10.8. The SMILES string of the molecule is C=C(CCCCCCCCCCC(C)C)C(=O)O. The van der Waals surface area contributed by atoms with Gasteiger partial charge in [-0.15, -0.1) is 0 Å². The van der Waals surface area contributed by atoms with Gasteiger partial charge in [0.05, 0.1) is 0 Å². The zero-order valence-electron chi connectivity index (χ0n) is 12.2. The number of carbonyl (C=O) groups is 1. The summed E-state index contributed by atoms with van der Waals surface area (Å²) in [6.45, 7) is 8.10. The lowest BCUT2D eigenvalue weighted by Gasteiger charge is -2.04. The van der Waals surface area contributed by atoms with Crippen molar-refractivity contribution in [2.45, 2.75) is 78.1 Å². The number of hydrogen-bond donors (Lipinski definition) is 1. The fourth-order valence-electron chi connectivity index (χ4n) is 2.06. The van der Waals surface area contributed by atoms with Crippen LogP contribution in [0, 0.1) is 5.92 Å². The average molecular weight is 254 g/mol. The minimum Gasteiger partial charge on any atom is -0.478 e. The molecule has 0 spiro atoms. The molecule has 18 heavy (non-hydrogen) atoms. The first-order valence-corrected chi connectivity index (χ1v) is 7.45. The van der Waals surface area contributed by atoms with E-state index >= 15 is 0 Å². The van der Waals surface area contributed by atoms with Crippen LogP contribution in [0.1, 0.15) is 78.1 Å². The zero-order chi connectivity index (χ0) is 13.8. The molecule has 0 saturated carbocycles. The lowest BCUT2D eigenvalue weighted by Crippen LogP contribution is -1.98. The maximum absolute atomic E-state index is 10.5. The van der Waals surface area contributed by atoms with Crippen molar-refractivity contribution in [1.82, 2.24) is 0 Å². The summed E-state index contributed by atoms with van der Waals surface area (Å²) in [5.74, 6) is -0.00696. The summed E-state index contributed by atoms with van der Waals surface area (Å²) in [5.41, 5.74) is 0.351. The van der Waals surface area contributed by atoms with Crippen LogP contribution in [-0.2, 0) is 4.79 Å². The molecule has 0 aromatic carbocycles. The van der Waals surface area contributed by atoms with Gasteiger partial charge in [0.25, 0.3) is 0 Å². The Morgan fingerprint density at radius 2 is 1.39 bits per heavy atom. The van der Waals surface area contributed by atoms with Gasteiger partial charge in [-0.25, -0.2) is 4.79 Å². The van der Waals surface area contributed by atoms with Gasteiger partial charge in [0.15, 0.2) is 0 Å². The van der Waals surface area contributed by atoms with Crippen LogP contribution in [0.4, 0.5) is 0 Å². The Morgan fingerprint density at radius 3 is 1.83 bits per heavy atom. The first-order valence-electron chi connectivity index (χ1n) is 7.45. The molecule has 0 aliphatic carbocycles. The molecule has 0 aromatic heterocycles. The molecule has 1 N–H and O–H groups in total. The van der Waals surface area contributed by atoms with Gasteiger partial charge in [0, 0.05) is 5.57 Å². The summed E-state index contributed by atoms with van der Waals surface area (Å²) in [7, 11) is 0. The predicted molar refractivity (Wildman–Crippen MR) is 77.8 cm³/mol. The Hall–Kier alpha value is -0.790. The highest BCUT2D eigenvalue weighted by Crippen LogP contribution is 2.14. The van der Waals surface area contributed by atoms with Crippen LogP contribution in [0.5, 0.6) is 0 Å². The van der Waals surface area contributed by atoms with E-state index in [0.717, 1.165) is 18.8 Å². The highest BCUT2D eigenvalue weighted by molar-refractivity contribution is 5.85. The first-order chi connectivity index (χ1) is 8.54. The van der Waals surface area contributed by atoms with Crippen LogP contribution in [0.2, 0.25) is 0 Å². The van der Waals surface area contributed by atoms with Crippen molar-refractivity contribution in [2.75, 3.05) is 0 Å².